The van der Waals surface area contributed by atoms with Crippen LogP contribution in [0, 0.1) is 0 Å². The zero-order valence-corrected chi connectivity index (χ0v) is 11.3. The van der Waals surface area contributed by atoms with Gasteiger partial charge in [0.05, 0.1) is 18.0 Å². The molecule has 2 aliphatic rings. The Morgan fingerprint density at radius 2 is 2.11 bits per heavy atom. The molecule has 2 atom stereocenters. The normalized spacial score (nSPS) is 28.8. The molecule has 2 heterocycles. The molecule has 4 nitrogen and oxygen atoms in total. The first-order chi connectivity index (χ1) is 8.41. The average molecular weight is 254 g/mol. The maximum Gasteiger partial charge on any atom is 0.349 e. The smallest absolute Gasteiger partial charge is 0.349 e. The summed E-state index contributed by atoms with van der Waals surface area (Å²) in [6, 6.07) is 0. The molecule has 1 N–H and O–H groups in total. The average Bonchev–Trinajstić information content (AvgIpc) is 2.29. The first-order valence-electron chi connectivity index (χ1n) is 6.30. The molecule has 4 heteroatoms. The Morgan fingerprint density at radius 1 is 1.39 bits per heavy atom. The van der Waals surface area contributed by atoms with Gasteiger partial charge in [0, 0.05) is 0 Å². The molecule has 0 amide bonds. The summed E-state index contributed by atoms with van der Waals surface area (Å²) in [4.78, 5) is 10.1. The van der Waals surface area contributed by atoms with Gasteiger partial charge < -0.3 is 14.6 Å². The zero-order valence-electron chi connectivity index (χ0n) is 11.3. The molecule has 2 rings (SSSR count). The third kappa shape index (κ3) is 5.36. The van der Waals surface area contributed by atoms with Gasteiger partial charge in [0.15, 0.2) is 0 Å². The molecule has 0 spiro atoms. The molecule has 2 unspecified atom stereocenters. The molecule has 0 radical (unpaired) electrons. The van der Waals surface area contributed by atoms with Crippen molar-refractivity contribution in [1.29, 1.82) is 0 Å². The largest absolute Gasteiger partial charge is 0.482 e. The van der Waals surface area contributed by atoms with Crippen LogP contribution in [0.3, 0.4) is 0 Å². The number of carboxylic acids is 1. The lowest BCUT2D eigenvalue weighted by Gasteiger charge is -2.34. The van der Waals surface area contributed by atoms with Crippen LogP contribution in [0.1, 0.15) is 40.0 Å². The van der Waals surface area contributed by atoms with Gasteiger partial charge in [-0.05, 0) is 52.2 Å². The Bertz CT molecular complexity index is 331. The van der Waals surface area contributed by atoms with E-state index in [9.17, 15) is 4.79 Å². The summed E-state index contributed by atoms with van der Waals surface area (Å²) in [5, 5.41) is 8.33. The van der Waals surface area contributed by atoms with Crippen molar-refractivity contribution in [3.05, 3.63) is 24.5 Å². The molecule has 0 bridgehead atoms. The molecule has 1 saturated heterocycles. The van der Waals surface area contributed by atoms with Crippen LogP contribution in [0.4, 0.5) is 0 Å². The maximum atomic E-state index is 10.1. The van der Waals surface area contributed by atoms with Gasteiger partial charge in [0.25, 0.3) is 0 Å². The second kappa shape index (κ2) is 6.59. The predicted octanol–water partition coefficient (Wildman–Crippen LogP) is 2.89. The van der Waals surface area contributed by atoms with Gasteiger partial charge in [-0.15, -0.1) is 0 Å². The van der Waals surface area contributed by atoms with Crippen LogP contribution in [0.15, 0.2) is 24.5 Å². The van der Waals surface area contributed by atoms with Crippen molar-refractivity contribution in [2.45, 2.75) is 57.8 Å². The third-order valence-electron chi connectivity index (χ3n) is 2.85. The summed E-state index contributed by atoms with van der Waals surface area (Å²) in [5.74, 6) is -0.962. The topological polar surface area (TPSA) is 55.8 Å². The Labute approximate surface area is 108 Å². The number of hydrogen-bond acceptors (Lipinski definition) is 3. The lowest BCUT2D eigenvalue weighted by molar-refractivity contribution is -0.144. The van der Waals surface area contributed by atoms with Crippen molar-refractivity contribution in [3.8, 4) is 0 Å². The van der Waals surface area contributed by atoms with Gasteiger partial charge in [-0.2, -0.15) is 0 Å². The molecule has 0 aromatic heterocycles. The third-order valence-corrected chi connectivity index (χ3v) is 2.85. The number of allylic oxidation sites excluding steroid dienone is 2. The van der Waals surface area contributed by atoms with Crippen LogP contribution >= 0.6 is 0 Å². The fraction of sp³-hybridized carbons (Fsp3) is 0.643. The van der Waals surface area contributed by atoms with Gasteiger partial charge in [-0.3, -0.25) is 0 Å². The molecule has 1 fully saturated rings. The second-order valence-corrected chi connectivity index (χ2v) is 5.19. The first-order valence-corrected chi connectivity index (χ1v) is 6.30. The van der Waals surface area contributed by atoms with Gasteiger partial charge in [-0.25, -0.2) is 4.79 Å². The van der Waals surface area contributed by atoms with Crippen molar-refractivity contribution in [2.24, 2.45) is 0 Å². The minimum Gasteiger partial charge on any atom is -0.482 e. The number of carboxylic acid groups (broad SMARTS) is 1. The van der Waals surface area contributed by atoms with Gasteiger partial charge in [-0.1, -0.05) is 6.08 Å². The number of hydrogen-bond donors (Lipinski definition) is 1. The molecule has 0 aromatic rings. The Kier molecular flexibility index (Phi) is 5.41. The molecule has 0 aliphatic carbocycles. The fourth-order valence-corrected chi connectivity index (χ4v) is 2.00. The van der Waals surface area contributed by atoms with E-state index in [1.165, 1.54) is 31.6 Å². The standard InChI is InChI=1S/C8H16O.C6H6O3/c1-7-5-4-6-8(2,3)9-7;7-6(8)5-3-1-2-4-9-5/h7H,4-6H2,1-3H3;1-5H,(H,7,8). The van der Waals surface area contributed by atoms with Crippen molar-refractivity contribution in [1.82, 2.24) is 0 Å². The van der Waals surface area contributed by atoms with Crippen LogP contribution in [0.25, 0.3) is 0 Å². The summed E-state index contributed by atoms with van der Waals surface area (Å²) in [5.41, 5.74) is 0.150. The lowest BCUT2D eigenvalue weighted by Crippen LogP contribution is -2.33. The maximum absolute atomic E-state index is 10.1. The highest BCUT2D eigenvalue weighted by Gasteiger charge is 2.25. The minimum absolute atomic E-state index is 0.150. The fourth-order valence-electron chi connectivity index (χ4n) is 2.00. The van der Waals surface area contributed by atoms with Crippen molar-refractivity contribution < 1.29 is 19.4 Å². The van der Waals surface area contributed by atoms with Crippen molar-refractivity contribution >= 4 is 5.97 Å². The lowest BCUT2D eigenvalue weighted by atomic mass is 9.96. The minimum atomic E-state index is -0.962. The van der Waals surface area contributed by atoms with Crippen molar-refractivity contribution in [2.75, 3.05) is 0 Å². The monoisotopic (exact) mass is 254 g/mol. The van der Waals surface area contributed by atoms with Gasteiger partial charge in [0.1, 0.15) is 0 Å². The SMILES string of the molecule is CC1CCCC(C)(C)O1.O=C(O)C1C=CC=CO1. The summed E-state index contributed by atoms with van der Waals surface area (Å²) < 4.78 is 10.3. The van der Waals surface area contributed by atoms with Crippen molar-refractivity contribution in [3.63, 3.8) is 0 Å². The van der Waals surface area contributed by atoms with Crippen LogP contribution in [-0.4, -0.2) is 28.9 Å². The number of ether oxygens (including phenoxy) is 2. The highest BCUT2D eigenvalue weighted by Crippen LogP contribution is 2.27. The van der Waals surface area contributed by atoms with Crippen LogP contribution in [-0.2, 0) is 14.3 Å². The highest BCUT2D eigenvalue weighted by molar-refractivity contribution is 5.75. The van der Waals surface area contributed by atoms with Crippen LogP contribution < -0.4 is 0 Å². The van der Waals surface area contributed by atoms with E-state index in [4.69, 9.17) is 9.84 Å². The second-order valence-electron chi connectivity index (χ2n) is 5.19. The van der Waals surface area contributed by atoms with E-state index < -0.39 is 12.1 Å². The summed E-state index contributed by atoms with van der Waals surface area (Å²) in [7, 11) is 0. The Balaban J connectivity index is 0.000000180. The molecular weight excluding hydrogens is 232 g/mol. The number of rotatable bonds is 1. The molecular formula is C14H22O4. The molecule has 0 saturated carbocycles. The number of carbonyl (C=O) groups is 1. The van der Waals surface area contributed by atoms with E-state index in [0.717, 1.165) is 0 Å². The summed E-state index contributed by atoms with van der Waals surface area (Å²) in [6.07, 6.45) is 9.58. The molecule has 102 valence electrons. The quantitative estimate of drug-likeness (QED) is 0.781. The zero-order chi connectivity index (χ0) is 13.6. The van der Waals surface area contributed by atoms with Gasteiger partial charge >= 0.3 is 5.97 Å². The molecule has 0 aromatic carbocycles. The molecule has 2 aliphatic heterocycles. The van der Waals surface area contributed by atoms with E-state index in [2.05, 4.69) is 25.5 Å². The first kappa shape index (κ1) is 14.8. The number of aliphatic carboxylic acids is 1. The van der Waals surface area contributed by atoms with E-state index in [-0.39, 0.29) is 5.60 Å². The van der Waals surface area contributed by atoms with E-state index >= 15 is 0 Å². The van der Waals surface area contributed by atoms with E-state index in [0.29, 0.717) is 6.10 Å². The summed E-state index contributed by atoms with van der Waals surface area (Å²) in [6.45, 7) is 6.49. The Morgan fingerprint density at radius 3 is 2.44 bits per heavy atom. The van der Waals surface area contributed by atoms with E-state index in [1.807, 2.05) is 0 Å². The molecule has 18 heavy (non-hydrogen) atoms. The van der Waals surface area contributed by atoms with E-state index in [1.54, 1.807) is 12.2 Å². The highest BCUT2D eigenvalue weighted by atomic mass is 16.5. The predicted molar refractivity (Wildman–Crippen MR) is 69.3 cm³/mol. The Hall–Kier alpha value is -1.29. The van der Waals surface area contributed by atoms with Crippen LogP contribution in [0.2, 0.25) is 0 Å². The van der Waals surface area contributed by atoms with Gasteiger partial charge in [0.2, 0.25) is 6.10 Å². The van der Waals surface area contributed by atoms with Crippen LogP contribution in [0.5, 0.6) is 0 Å². The summed E-state index contributed by atoms with van der Waals surface area (Å²) >= 11 is 0.